The summed E-state index contributed by atoms with van der Waals surface area (Å²) in [5.74, 6) is -0.788. The molecule has 18 heavy (non-hydrogen) atoms. The molecule has 1 rings (SSSR count). The third-order valence-corrected chi connectivity index (χ3v) is 3.19. The van der Waals surface area contributed by atoms with Crippen LogP contribution >= 0.6 is 0 Å². The monoisotopic (exact) mass is 249 g/mol. The molecule has 0 amide bonds. The summed E-state index contributed by atoms with van der Waals surface area (Å²) in [6, 6.07) is 8.35. The molecule has 0 heterocycles. The number of benzene rings is 1. The molecule has 0 aliphatic rings. The van der Waals surface area contributed by atoms with E-state index in [-0.39, 0.29) is 18.1 Å². The fraction of sp³-hybridized carbons (Fsp3) is 0.533. The molecule has 1 aromatic carbocycles. The Labute approximate surface area is 109 Å². The van der Waals surface area contributed by atoms with Crippen LogP contribution in [0.3, 0.4) is 0 Å². The molecule has 0 radical (unpaired) electrons. The topological polar surface area (TPSA) is 40.5 Å². The third-order valence-electron chi connectivity index (χ3n) is 3.19. The number of rotatable bonds is 4. The van der Waals surface area contributed by atoms with E-state index in [0.29, 0.717) is 0 Å². The van der Waals surface area contributed by atoms with Crippen LogP contribution in [0.25, 0.3) is 0 Å². The van der Waals surface area contributed by atoms with Crippen molar-refractivity contribution in [3.63, 3.8) is 0 Å². The quantitative estimate of drug-likeness (QED) is 0.890. The van der Waals surface area contributed by atoms with Crippen LogP contribution in [0.15, 0.2) is 24.3 Å². The first-order valence-corrected chi connectivity index (χ1v) is 6.27. The second kappa shape index (κ2) is 5.53. The van der Waals surface area contributed by atoms with Gasteiger partial charge in [0.05, 0.1) is 6.54 Å². The fourth-order valence-corrected chi connectivity index (χ4v) is 2.13. The Morgan fingerprint density at radius 2 is 1.78 bits per heavy atom. The Balaban J connectivity index is 2.98. The van der Waals surface area contributed by atoms with E-state index in [9.17, 15) is 4.79 Å². The number of aryl methyl sites for hydroxylation is 1. The van der Waals surface area contributed by atoms with Crippen molar-refractivity contribution in [3.05, 3.63) is 35.4 Å². The van der Waals surface area contributed by atoms with E-state index in [1.165, 1.54) is 5.56 Å². The minimum Gasteiger partial charge on any atom is -0.480 e. The highest BCUT2D eigenvalue weighted by Crippen LogP contribution is 2.27. The van der Waals surface area contributed by atoms with Gasteiger partial charge in [-0.3, -0.25) is 9.69 Å². The number of aliphatic carboxylic acids is 1. The van der Waals surface area contributed by atoms with E-state index < -0.39 is 5.97 Å². The van der Waals surface area contributed by atoms with Gasteiger partial charge >= 0.3 is 5.97 Å². The lowest BCUT2D eigenvalue weighted by Crippen LogP contribution is -2.45. The van der Waals surface area contributed by atoms with Gasteiger partial charge in [-0.05, 0) is 40.2 Å². The van der Waals surface area contributed by atoms with E-state index >= 15 is 0 Å². The SMILES string of the molecule is Cc1ccc(C(C)N(CC(=O)O)C(C)(C)C)cc1. The van der Waals surface area contributed by atoms with Gasteiger partial charge < -0.3 is 5.11 Å². The average Bonchev–Trinajstić information content (AvgIpc) is 2.24. The Kier molecular flexibility index (Phi) is 4.52. The highest BCUT2D eigenvalue weighted by Gasteiger charge is 2.28. The lowest BCUT2D eigenvalue weighted by atomic mass is 9.98. The largest absolute Gasteiger partial charge is 0.480 e. The molecule has 0 saturated heterocycles. The van der Waals surface area contributed by atoms with Crippen molar-refractivity contribution in [1.82, 2.24) is 4.90 Å². The summed E-state index contributed by atoms with van der Waals surface area (Å²) in [6.07, 6.45) is 0. The Hall–Kier alpha value is -1.35. The maximum atomic E-state index is 11.0. The van der Waals surface area contributed by atoms with Crippen LogP contribution in [0, 0.1) is 6.92 Å². The van der Waals surface area contributed by atoms with Crippen LogP contribution in [0.2, 0.25) is 0 Å². The number of carboxylic acid groups (broad SMARTS) is 1. The van der Waals surface area contributed by atoms with Crippen molar-refractivity contribution in [3.8, 4) is 0 Å². The molecule has 3 heteroatoms. The van der Waals surface area contributed by atoms with Gasteiger partial charge in [-0.25, -0.2) is 0 Å². The summed E-state index contributed by atoms with van der Waals surface area (Å²) in [7, 11) is 0. The summed E-state index contributed by atoms with van der Waals surface area (Å²) < 4.78 is 0. The zero-order valence-electron chi connectivity index (χ0n) is 11.9. The van der Waals surface area contributed by atoms with Crippen LogP contribution in [-0.2, 0) is 4.79 Å². The maximum Gasteiger partial charge on any atom is 0.317 e. The third kappa shape index (κ3) is 3.84. The van der Waals surface area contributed by atoms with Gasteiger partial charge in [0.1, 0.15) is 0 Å². The molecule has 0 spiro atoms. The molecule has 1 aromatic rings. The van der Waals surface area contributed by atoms with E-state index in [1.54, 1.807) is 0 Å². The van der Waals surface area contributed by atoms with Crippen molar-refractivity contribution >= 4 is 5.97 Å². The second-order valence-corrected chi connectivity index (χ2v) is 5.78. The summed E-state index contributed by atoms with van der Waals surface area (Å²) in [6.45, 7) is 10.3. The second-order valence-electron chi connectivity index (χ2n) is 5.78. The Morgan fingerprint density at radius 1 is 1.28 bits per heavy atom. The molecule has 0 fully saturated rings. The van der Waals surface area contributed by atoms with Gasteiger partial charge in [-0.1, -0.05) is 29.8 Å². The van der Waals surface area contributed by atoms with Gasteiger partial charge in [0.25, 0.3) is 0 Å². The smallest absolute Gasteiger partial charge is 0.317 e. The van der Waals surface area contributed by atoms with Crippen LogP contribution in [0.5, 0.6) is 0 Å². The molecule has 100 valence electrons. The highest BCUT2D eigenvalue weighted by molar-refractivity contribution is 5.69. The van der Waals surface area contributed by atoms with Gasteiger partial charge in [-0.15, -0.1) is 0 Å². The van der Waals surface area contributed by atoms with Crippen molar-refractivity contribution in [1.29, 1.82) is 0 Å². The number of carbonyl (C=O) groups is 1. The molecule has 1 N–H and O–H groups in total. The molecule has 0 bridgehead atoms. The number of nitrogens with zero attached hydrogens (tertiary/aromatic N) is 1. The summed E-state index contributed by atoms with van der Waals surface area (Å²) in [5.41, 5.74) is 2.19. The van der Waals surface area contributed by atoms with Crippen LogP contribution in [-0.4, -0.2) is 28.1 Å². The molecule has 0 aliphatic heterocycles. The van der Waals surface area contributed by atoms with E-state index in [4.69, 9.17) is 5.11 Å². The van der Waals surface area contributed by atoms with E-state index in [2.05, 4.69) is 31.2 Å². The first-order chi connectivity index (χ1) is 8.21. The Bertz CT molecular complexity index is 403. The summed E-state index contributed by atoms with van der Waals surface area (Å²) in [4.78, 5) is 13.0. The zero-order valence-corrected chi connectivity index (χ0v) is 11.9. The lowest BCUT2D eigenvalue weighted by Gasteiger charge is -2.39. The molecule has 0 saturated carbocycles. The molecule has 1 atom stereocenters. The minimum absolute atomic E-state index is 0.0541. The van der Waals surface area contributed by atoms with Crippen molar-refractivity contribution < 1.29 is 9.90 Å². The zero-order chi connectivity index (χ0) is 13.9. The van der Waals surface area contributed by atoms with E-state index in [1.807, 2.05) is 32.6 Å². The van der Waals surface area contributed by atoms with Crippen molar-refractivity contribution in [2.45, 2.75) is 46.2 Å². The van der Waals surface area contributed by atoms with Crippen LogP contribution < -0.4 is 0 Å². The molecule has 0 aromatic heterocycles. The van der Waals surface area contributed by atoms with Crippen molar-refractivity contribution in [2.24, 2.45) is 0 Å². The normalized spacial score (nSPS) is 13.7. The first kappa shape index (κ1) is 14.7. The number of hydrogen-bond acceptors (Lipinski definition) is 2. The van der Waals surface area contributed by atoms with Crippen LogP contribution in [0.4, 0.5) is 0 Å². The summed E-state index contributed by atoms with van der Waals surface area (Å²) in [5, 5.41) is 9.05. The fourth-order valence-electron chi connectivity index (χ4n) is 2.13. The number of carboxylic acids is 1. The molecular formula is C15H23NO2. The van der Waals surface area contributed by atoms with E-state index in [0.717, 1.165) is 5.56 Å². The van der Waals surface area contributed by atoms with Gasteiger partial charge in [0.15, 0.2) is 0 Å². The highest BCUT2D eigenvalue weighted by atomic mass is 16.4. The molecule has 3 nitrogen and oxygen atoms in total. The number of hydrogen-bond donors (Lipinski definition) is 1. The molecule has 0 aliphatic carbocycles. The standard InChI is InChI=1S/C15H23NO2/c1-11-6-8-13(9-7-11)12(2)16(10-14(17)18)15(3,4)5/h6-9,12H,10H2,1-5H3,(H,17,18). The maximum absolute atomic E-state index is 11.0. The van der Waals surface area contributed by atoms with Gasteiger partial charge in [0, 0.05) is 11.6 Å². The average molecular weight is 249 g/mol. The van der Waals surface area contributed by atoms with Crippen LogP contribution in [0.1, 0.15) is 44.9 Å². The molecule has 1 unspecified atom stereocenters. The molecular weight excluding hydrogens is 226 g/mol. The lowest BCUT2D eigenvalue weighted by molar-refractivity contribution is -0.140. The predicted molar refractivity (Wildman–Crippen MR) is 73.7 cm³/mol. The predicted octanol–water partition coefficient (Wildman–Crippen LogP) is 3.24. The van der Waals surface area contributed by atoms with Crippen molar-refractivity contribution in [2.75, 3.05) is 6.54 Å². The van der Waals surface area contributed by atoms with Gasteiger partial charge in [0.2, 0.25) is 0 Å². The van der Waals surface area contributed by atoms with Gasteiger partial charge in [-0.2, -0.15) is 0 Å². The Morgan fingerprint density at radius 3 is 2.17 bits per heavy atom. The minimum atomic E-state index is -0.788. The first-order valence-electron chi connectivity index (χ1n) is 6.27. The summed E-state index contributed by atoms with van der Waals surface area (Å²) >= 11 is 0.